The van der Waals surface area contributed by atoms with Crippen LogP contribution in [0.15, 0.2) is 24.3 Å². The molecule has 1 heterocycles. The molecule has 2 rings (SSSR count). The largest absolute Gasteiger partial charge is 0.508 e. The molecule has 0 radical (unpaired) electrons. The first kappa shape index (κ1) is 17.1. The van der Waals surface area contributed by atoms with Crippen LogP contribution in [0.3, 0.4) is 0 Å². The van der Waals surface area contributed by atoms with Crippen LogP contribution >= 0.6 is 0 Å². The number of benzene rings is 1. The molecule has 0 unspecified atom stereocenters. The van der Waals surface area contributed by atoms with Gasteiger partial charge in [0.1, 0.15) is 5.75 Å². The summed E-state index contributed by atoms with van der Waals surface area (Å²) in [6.45, 7) is 2.21. The number of likely N-dealkylation sites (tertiary alicyclic amines) is 1. The van der Waals surface area contributed by atoms with Gasteiger partial charge in [0.15, 0.2) is 0 Å². The standard InChI is InChI=1S/C16H23F3N2O/c1-12(2-3-13-4-6-15(22)7-5-13)20-14-8-9-21(10-14)11-16(17,18)19/h4-7,12,14,20,22H,2-3,8-11H2,1H3/t12-,14-/m1/s1. The minimum atomic E-state index is -4.11. The van der Waals surface area contributed by atoms with E-state index in [-0.39, 0.29) is 17.8 Å². The Bertz CT molecular complexity index is 461. The number of hydrogen-bond acceptors (Lipinski definition) is 3. The zero-order valence-electron chi connectivity index (χ0n) is 12.7. The van der Waals surface area contributed by atoms with E-state index in [1.165, 1.54) is 4.90 Å². The lowest BCUT2D eigenvalue weighted by Crippen LogP contribution is -2.40. The van der Waals surface area contributed by atoms with Crippen LogP contribution in [0.1, 0.15) is 25.3 Å². The van der Waals surface area contributed by atoms with Gasteiger partial charge in [-0.15, -0.1) is 0 Å². The van der Waals surface area contributed by atoms with Crippen molar-refractivity contribution in [1.29, 1.82) is 0 Å². The molecular weight excluding hydrogens is 293 g/mol. The highest BCUT2D eigenvalue weighted by atomic mass is 19.4. The quantitative estimate of drug-likeness (QED) is 0.847. The average Bonchev–Trinajstić information content (AvgIpc) is 2.83. The molecule has 0 amide bonds. The first-order valence-electron chi connectivity index (χ1n) is 7.65. The number of halogens is 3. The van der Waals surface area contributed by atoms with Crippen molar-refractivity contribution >= 4 is 0 Å². The Hall–Kier alpha value is -1.27. The number of nitrogens with zero attached hydrogens (tertiary/aromatic N) is 1. The van der Waals surface area contributed by atoms with Crippen LogP contribution in [-0.2, 0) is 6.42 Å². The number of nitrogens with one attached hydrogen (secondary N) is 1. The van der Waals surface area contributed by atoms with Crippen molar-refractivity contribution in [2.45, 2.75) is 44.4 Å². The van der Waals surface area contributed by atoms with Gasteiger partial charge in [-0.25, -0.2) is 0 Å². The van der Waals surface area contributed by atoms with E-state index >= 15 is 0 Å². The van der Waals surface area contributed by atoms with Gasteiger partial charge in [0.05, 0.1) is 6.54 Å². The molecule has 0 saturated carbocycles. The summed E-state index contributed by atoms with van der Waals surface area (Å²) in [6, 6.07) is 7.51. The Morgan fingerprint density at radius 2 is 2.00 bits per heavy atom. The van der Waals surface area contributed by atoms with Crippen LogP contribution in [0.5, 0.6) is 5.75 Å². The molecule has 0 spiro atoms. The van der Waals surface area contributed by atoms with E-state index in [4.69, 9.17) is 0 Å². The molecule has 124 valence electrons. The van der Waals surface area contributed by atoms with Crippen molar-refractivity contribution in [2.75, 3.05) is 19.6 Å². The maximum Gasteiger partial charge on any atom is 0.401 e. The smallest absolute Gasteiger partial charge is 0.401 e. The van der Waals surface area contributed by atoms with E-state index < -0.39 is 12.7 Å². The van der Waals surface area contributed by atoms with Crippen LogP contribution in [0.2, 0.25) is 0 Å². The van der Waals surface area contributed by atoms with Crippen molar-refractivity contribution in [1.82, 2.24) is 10.2 Å². The molecule has 2 N–H and O–H groups in total. The summed E-state index contributed by atoms with van der Waals surface area (Å²) < 4.78 is 37.1. The molecule has 1 aromatic rings. The van der Waals surface area contributed by atoms with Crippen LogP contribution in [0, 0.1) is 0 Å². The minimum Gasteiger partial charge on any atom is -0.508 e. The molecule has 0 aliphatic carbocycles. The molecule has 22 heavy (non-hydrogen) atoms. The third-order valence-corrected chi connectivity index (χ3v) is 4.00. The Labute approximate surface area is 129 Å². The van der Waals surface area contributed by atoms with Gasteiger partial charge >= 0.3 is 6.18 Å². The number of aryl methyl sites for hydroxylation is 1. The van der Waals surface area contributed by atoms with Crippen LogP contribution < -0.4 is 5.32 Å². The molecular formula is C16H23F3N2O. The Morgan fingerprint density at radius 3 is 2.64 bits per heavy atom. The zero-order chi connectivity index (χ0) is 16.2. The van der Waals surface area contributed by atoms with Crippen LogP contribution in [-0.4, -0.2) is 47.9 Å². The summed E-state index contributed by atoms with van der Waals surface area (Å²) in [7, 11) is 0. The second-order valence-electron chi connectivity index (χ2n) is 6.11. The molecule has 1 aromatic carbocycles. The van der Waals surface area contributed by atoms with E-state index in [1.54, 1.807) is 12.1 Å². The predicted molar refractivity (Wildman–Crippen MR) is 79.9 cm³/mol. The number of phenols is 1. The highest BCUT2D eigenvalue weighted by molar-refractivity contribution is 5.25. The Morgan fingerprint density at radius 1 is 1.32 bits per heavy atom. The lowest BCUT2D eigenvalue weighted by atomic mass is 10.1. The molecule has 3 nitrogen and oxygen atoms in total. The van der Waals surface area contributed by atoms with Crippen molar-refractivity contribution in [2.24, 2.45) is 0 Å². The molecule has 1 aliphatic rings. The van der Waals surface area contributed by atoms with Crippen LogP contribution in [0.4, 0.5) is 13.2 Å². The zero-order valence-corrected chi connectivity index (χ0v) is 12.7. The van der Waals surface area contributed by atoms with Gasteiger partial charge in [-0.2, -0.15) is 13.2 Å². The van der Waals surface area contributed by atoms with Gasteiger partial charge in [0.2, 0.25) is 0 Å². The van der Waals surface area contributed by atoms with Gasteiger partial charge in [0, 0.05) is 25.2 Å². The SMILES string of the molecule is C[C@H](CCc1ccc(O)cc1)N[C@@H]1CCN(CC(F)(F)F)C1. The first-order chi connectivity index (χ1) is 10.3. The number of rotatable bonds is 6. The summed E-state index contributed by atoms with van der Waals surface area (Å²) in [6.07, 6.45) is -1.55. The van der Waals surface area contributed by atoms with E-state index in [0.717, 1.165) is 24.8 Å². The Balaban J connectivity index is 1.69. The third kappa shape index (κ3) is 5.85. The van der Waals surface area contributed by atoms with E-state index in [1.807, 2.05) is 12.1 Å². The summed E-state index contributed by atoms with van der Waals surface area (Å²) in [5.41, 5.74) is 1.15. The maximum absolute atomic E-state index is 12.4. The van der Waals surface area contributed by atoms with E-state index in [9.17, 15) is 18.3 Å². The minimum absolute atomic E-state index is 0.136. The van der Waals surface area contributed by atoms with Crippen molar-refractivity contribution in [3.05, 3.63) is 29.8 Å². The van der Waals surface area contributed by atoms with Gasteiger partial charge in [-0.1, -0.05) is 12.1 Å². The van der Waals surface area contributed by atoms with Gasteiger partial charge in [-0.3, -0.25) is 4.90 Å². The number of hydrogen-bond donors (Lipinski definition) is 2. The van der Waals surface area contributed by atoms with Gasteiger partial charge in [0.25, 0.3) is 0 Å². The van der Waals surface area contributed by atoms with E-state index in [0.29, 0.717) is 13.1 Å². The fourth-order valence-corrected chi connectivity index (χ4v) is 2.90. The lowest BCUT2D eigenvalue weighted by Gasteiger charge is -2.21. The topological polar surface area (TPSA) is 35.5 Å². The second-order valence-corrected chi connectivity index (χ2v) is 6.11. The predicted octanol–water partition coefficient (Wildman–Crippen LogP) is 2.94. The van der Waals surface area contributed by atoms with E-state index in [2.05, 4.69) is 12.2 Å². The fourth-order valence-electron chi connectivity index (χ4n) is 2.90. The van der Waals surface area contributed by atoms with Crippen molar-refractivity contribution in [3.63, 3.8) is 0 Å². The summed E-state index contributed by atoms with van der Waals surface area (Å²) >= 11 is 0. The molecule has 0 bridgehead atoms. The van der Waals surface area contributed by atoms with Gasteiger partial charge < -0.3 is 10.4 Å². The Kier molecular flexibility index (Phi) is 5.69. The normalized spacial score (nSPS) is 21.2. The second kappa shape index (κ2) is 7.33. The molecule has 1 saturated heterocycles. The molecule has 6 heteroatoms. The number of aromatic hydroxyl groups is 1. The lowest BCUT2D eigenvalue weighted by molar-refractivity contribution is -0.143. The van der Waals surface area contributed by atoms with Crippen molar-refractivity contribution < 1.29 is 18.3 Å². The molecule has 0 aromatic heterocycles. The number of alkyl halides is 3. The first-order valence-corrected chi connectivity index (χ1v) is 7.65. The van der Waals surface area contributed by atoms with Crippen LogP contribution in [0.25, 0.3) is 0 Å². The highest BCUT2D eigenvalue weighted by Gasteiger charge is 2.34. The monoisotopic (exact) mass is 316 g/mol. The summed E-state index contributed by atoms with van der Waals surface area (Å²) in [4.78, 5) is 1.46. The summed E-state index contributed by atoms with van der Waals surface area (Å²) in [5.74, 6) is 0.255. The number of phenolic OH excluding ortho intramolecular Hbond substituents is 1. The third-order valence-electron chi connectivity index (χ3n) is 4.00. The molecule has 1 aliphatic heterocycles. The molecule has 1 fully saturated rings. The molecule has 2 atom stereocenters. The van der Waals surface area contributed by atoms with Gasteiger partial charge in [-0.05, 0) is 43.9 Å². The fraction of sp³-hybridized carbons (Fsp3) is 0.625. The highest BCUT2D eigenvalue weighted by Crippen LogP contribution is 2.20. The summed E-state index contributed by atoms with van der Waals surface area (Å²) in [5, 5.41) is 12.6. The maximum atomic E-state index is 12.4. The van der Waals surface area contributed by atoms with Crippen molar-refractivity contribution in [3.8, 4) is 5.75 Å². The average molecular weight is 316 g/mol.